The largest absolute Gasteiger partial charge is 0.394 e. The average Bonchev–Trinajstić information content (AvgIpc) is 2.91. The van der Waals surface area contributed by atoms with Crippen molar-refractivity contribution in [2.75, 3.05) is 37.8 Å². The molecule has 0 amide bonds. The van der Waals surface area contributed by atoms with Gasteiger partial charge in [-0.3, -0.25) is 0 Å². The van der Waals surface area contributed by atoms with Crippen molar-refractivity contribution < 1.29 is 15.3 Å². The first kappa shape index (κ1) is 16.3. The van der Waals surface area contributed by atoms with Gasteiger partial charge < -0.3 is 25.5 Å². The molecule has 0 aromatic carbocycles. The monoisotopic (exact) mass is 289 g/mol. The number of hydrogen-bond donors (Lipinski definition) is 4. The number of nitrogens with one attached hydrogen (secondary N) is 1. The number of thiazole rings is 1. The molecule has 0 aliphatic heterocycles. The highest BCUT2D eigenvalue weighted by atomic mass is 32.1. The molecule has 19 heavy (non-hydrogen) atoms. The minimum Gasteiger partial charge on any atom is -0.394 e. The lowest BCUT2D eigenvalue weighted by atomic mass is 10.0. The molecule has 0 aliphatic carbocycles. The standard InChI is InChI=1S/C12H23N3O3S/c1-3-15(4-2)11-13-5-10(19-11)6-14-12(7-16,8-17)9-18/h5,14,16-18H,3-4,6-9H2,1-2H3. The molecule has 0 bridgehead atoms. The van der Waals surface area contributed by atoms with E-state index >= 15 is 0 Å². The Hall–Kier alpha value is -0.730. The van der Waals surface area contributed by atoms with Crippen LogP contribution in [0.3, 0.4) is 0 Å². The van der Waals surface area contributed by atoms with E-state index in [0.717, 1.165) is 23.1 Å². The highest BCUT2D eigenvalue weighted by Gasteiger charge is 2.27. The van der Waals surface area contributed by atoms with Crippen molar-refractivity contribution in [2.45, 2.75) is 25.9 Å². The van der Waals surface area contributed by atoms with Gasteiger partial charge in [-0.15, -0.1) is 11.3 Å². The third-order valence-corrected chi connectivity index (χ3v) is 4.18. The van der Waals surface area contributed by atoms with Gasteiger partial charge in [0, 0.05) is 30.7 Å². The molecule has 0 atom stereocenters. The van der Waals surface area contributed by atoms with Gasteiger partial charge >= 0.3 is 0 Å². The van der Waals surface area contributed by atoms with Gasteiger partial charge in [-0.1, -0.05) is 0 Å². The van der Waals surface area contributed by atoms with Crippen LogP contribution in [0.25, 0.3) is 0 Å². The maximum atomic E-state index is 9.22. The predicted molar refractivity (Wildman–Crippen MR) is 76.5 cm³/mol. The second-order valence-corrected chi connectivity index (χ2v) is 5.48. The molecular formula is C12H23N3O3S. The zero-order valence-electron chi connectivity index (χ0n) is 11.5. The Morgan fingerprint density at radius 2 is 1.79 bits per heavy atom. The molecule has 7 heteroatoms. The minimum absolute atomic E-state index is 0.318. The zero-order valence-corrected chi connectivity index (χ0v) is 12.3. The molecule has 0 saturated carbocycles. The van der Waals surface area contributed by atoms with E-state index in [2.05, 4.69) is 29.0 Å². The molecule has 1 rings (SSSR count). The van der Waals surface area contributed by atoms with Crippen LogP contribution in [0.2, 0.25) is 0 Å². The third kappa shape index (κ3) is 4.12. The molecule has 0 unspecified atom stereocenters. The first-order valence-corrected chi connectivity index (χ1v) is 7.23. The van der Waals surface area contributed by atoms with Crippen molar-refractivity contribution in [3.05, 3.63) is 11.1 Å². The Balaban J connectivity index is 2.63. The molecule has 6 nitrogen and oxygen atoms in total. The van der Waals surface area contributed by atoms with Crippen LogP contribution in [0.1, 0.15) is 18.7 Å². The van der Waals surface area contributed by atoms with E-state index in [4.69, 9.17) is 0 Å². The molecule has 0 fully saturated rings. The smallest absolute Gasteiger partial charge is 0.185 e. The molecule has 0 aliphatic rings. The molecule has 1 heterocycles. The van der Waals surface area contributed by atoms with Crippen LogP contribution in [-0.2, 0) is 6.54 Å². The van der Waals surface area contributed by atoms with Crippen molar-refractivity contribution in [3.8, 4) is 0 Å². The van der Waals surface area contributed by atoms with E-state index in [-0.39, 0.29) is 19.8 Å². The Morgan fingerprint density at radius 1 is 1.21 bits per heavy atom. The van der Waals surface area contributed by atoms with E-state index in [0.29, 0.717) is 6.54 Å². The maximum absolute atomic E-state index is 9.22. The molecule has 0 radical (unpaired) electrons. The van der Waals surface area contributed by atoms with Crippen LogP contribution in [0, 0.1) is 0 Å². The van der Waals surface area contributed by atoms with Crippen LogP contribution < -0.4 is 10.2 Å². The fourth-order valence-electron chi connectivity index (χ4n) is 1.61. The van der Waals surface area contributed by atoms with Gasteiger partial charge in [0.2, 0.25) is 0 Å². The molecule has 4 N–H and O–H groups in total. The zero-order chi connectivity index (χ0) is 14.3. The topological polar surface area (TPSA) is 88.9 Å². The van der Waals surface area contributed by atoms with Crippen LogP contribution in [0.4, 0.5) is 5.13 Å². The molecule has 0 saturated heterocycles. The Bertz CT molecular complexity index is 357. The van der Waals surface area contributed by atoms with Crippen molar-refractivity contribution in [3.63, 3.8) is 0 Å². The number of aromatic nitrogens is 1. The van der Waals surface area contributed by atoms with Crippen molar-refractivity contribution in [1.29, 1.82) is 0 Å². The maximum Gasteiger partial charge on any atom is 0.185 e. The van der Waals surface area contributed by atoms with Gasteiger partial charge in [0.15, 0.2) is 5.13 Å². The van der Waals surface area contributed by atoms with E-state index in [1.165, 1.54) is 0 Å². The second kappa shape index (κ2) is 7.76. The Labute approximate surface area is 117 Å². The second-order valence-electron chi connectivity index (χ2n) is 4.39. The van der Waals surface area contributed by atoms with Crippen LogP contribution in [-0.4, -0.2) is 58.8 Å². The van der Waals surface area contributed by atoms with E-state index < -0.39 is 5.54 Å². The number of aliphatic hydroxyl groups is 3. The average molecular weight is 289 g/mol. The van der Waals surface area contributed by atoms with Gasteiger partial charge in [-0.25, -0.2) is 4.98 Å². The van der Waals surface area contributed by atoms with Crippen LogP contribution >= 0.6 is 11.3 Å². The van der Waals surface area contributed by atoms with E-state index in [1.807, 2.05) is 0 Å². The van der Waals surface area contributed by atoms with Gasteiger partial charge in [-0.2, -0.15) is 0 Å². The summed E-state index contributed by atoms with van der Waals surface area (Å²) in [5.41, 5.74) is -1.04. The number of nitrogens with zero attached hydrogens (tertiary/aromatic N) is 2. The first-order valence-electron chi connectivity index (χ1n) is 6.42. The number of rotatable bonds is 9. The van der Waals surface area contributed by atoms with Crippen LogP contribution in [0.15, 0.2) is 6.20 Å². The molecule has 1 aromatic heterocycles. The quantitative estimate of drug-likeness (QED) is 0.503. The van der Waals surface area contributed by atoms with Crippen molar-refractivity contribution in [1.82, 2.24) is 10.3 Å². The summed E-state index contributed by atoms with van der Waals surface area (Å²) in [7, 11) is 0. The third-order valence-electron chi connectivity index (χ3n) is 3.12. The Morgan fingerprint density at radius 3 is 2.26 bits per heavy atom. The minimum atomic E-state index is -1.04. The lowest BCUT2D eigenvalue weighted by Crippen LogP contribution is -2.54. The van der Waals surface area contributed by atoms with E-state index in [1.54, 1.807) is 17.5 Å². The SMILES string of the molecule is CCN(CC)c1ncc(CNC(CO)(CO)CO)s1. The summed E-state index contributed by atoms with van der Waals surface area (Å²) in [6, 6.07) is 0. The van der Waals surface area contributed by atoms with Gasteiger partial charge in [0.25, 0.3) is 0 Å². The first-order chi connectivity index (χ1) is 9.14. The molecule has 1 aromatic rings. The lowest BCUT2D eigenvalue weighted by Gasteiger charge is -2.28. The van der Waals surface area contributed by atoms with Crippen molar-refractivity contribution >= 4 is 16.5 Å². The fourth-order valence-corrected chi connectivity index (χ4v) is 2.59. The van der Waals surface area contributed by atoms with Crippen LogP contribution in [0.5, 0.6) is 0 Å². The summed E-state index contributed by atoms with van der Waals surface area (Å²) in [4.78, 5) is 7.51. The van der Waals surface area contributed by atoms with Gasteiger partial charge in [0.1, 0.15) is 0 Å². The highest BCUT2D eigenvalue weighted by Crippen LogP contribution is 2.22. The number of aliphatic hydroxyl groups excluding tert-OH is 3. The van der Waals surface area contributed by atoms with Gasteiger partial charge in [-0.05, 0) is 13.8 Å². The number of hydrogen-bond acceptors (Lipinski definition) is 7. The Kier molecular flexibility index (Phi) is 6.67. The van der Waals surface area contributed by atoms with E-state index in [9.17, 15) is 15.3 Å². The summed E-state index contributed by atoms with van der Waals surface area (Å²) in [5.74, 6) is 0. The predicted octanol–water partition coefficient (Wildman–Crippen LogP) is -0.205. The number of anilines is 1. The molecular weight excluding hydrogens is 266 g/mol. The fraction of sp³-hybridized carbons (Fsp3) is 0.750. The normalized spacial score (nSPS) is 11.8. The summed E-state index contributed by atoms with van der Waals surface area (Å²) < 4.78 is 0. The summed E-state index contributed by atoms with van der Waals surface area (Å²) in [6.07, 6.45) is 1.78. The summed E-state index contributed by atoms with van der Waals surface area (Å²) in [5, 5.41) is 31.6. The summed E-state index contributed by atoms with van der Waals surface area (Å²) in [6.45, 7) is 5.48. The molecule has 0 spiro atoms. The summed E-state index contributed by atoms with van der Waals surface area (Å²) >= 11 is 1.57. The lowest BCUT2D eigenvalue weighted by molar-refractivity contribution is 0.0415. The van der Waals surface area contributed by atoms with Gasteiger partial charge in [0.05, 0.1) is 25.4 Å². The molecule has 110 valence electrons. The highest BCUT2D eigenvalue weighted by molar-refractivity contribution is 7.15. The van der Waals surface area contributed by atoms with Crippen molar-refractivity contribution in [2.24, 2.45) is 0 Å².